The van der Waals surface area contributed by atoms with E-state index in [2.05, 4.69) is 48.2 Å². The summed E-state index contributed by atoms with van der Waals surface area (Å²) in [4.78, 5) is 5.62. The molecule has 5 nitrogen and oxygen atoms in total. The number of hydrogen-bond donors (Lipinski definition) is 0. The van der Waals surface area contributed by atoms with E-state index in [4.69, 9.17) is 4.74 Å². The van der Waals surface area contributed by atoms with Crippen molar-refractivity contribution in [1.29, 1.82) is 0 Å². The van der Waals surface area contributed by atoms with Gasteiger partial charge in [0, 0.05) is 48.0 Å². The van der Waals surface area contributed by atoms with E-state index < -0.39 is 0 Å². The van der Waals surface area contributed by atoms with Gasteiger partial charge in [0.2, 0.25) is 0 Å². The van der Waals surface area contributed by atoms with Gasteiger partial charge in [0.1, 0.15) is 0 Å². The SMILES string of the molecule is CCCCCn1cc(CN2CC[C@]3(C[C@@H]2C)OCCc2sc(CC)cc23)nn1. The molecule has 2 aliphatic heterocycles. The van der Waals surface area contributed by atoms with Crippen molar-refractivity contribution in [2.45, 2.75) is 90.4 Å². The molecule has 1 fully saturated rings. The van der Waals surface area contributed by atoms with Crippen molar-refractivity contribution in [3.63, 3.8) is 0 Å². The normalized spacial score (nSPS) is 25.3. The topological polar surface area (TPSA) is 43.2 Å². The number of hydrogen-bond acceptors (Lipinski definition) is 5. The third-order valence-corrected chi connectivity index (χ3v) is 7.74. The van der Waals surface area contributed by atoms with Crippen LogP contribution in [0.5, 0.6) is 0 Å². The van der Waals surface area contributed by atoms with Crippen molar-refractivity contribution in [3.05, 3.63) is 33.3 Å². The lowest BCUT2D eigenvalue weighted by Gasteiger charge is -2.47. The van der Waals surface area contributed by atoms with Gasteiger partial charge in [-0.15, -0.1) is 16.4 Å². The van der Waals surface area contributed by atoms with Crippen LogP contribution in [0.2, 0.25) is 0 Å². The molecule has 4 heterocycles. The summed E-state index contributed by atoms with van der Waals surface area (Å²) >= 11 is 2.00. The molecule has 6 heteroatoms. The van der Waals surface area contributed by atoms with Crippen LogP contribution in [0, 0.1) is 0 Å². The highest BCUT2D eigenvalue weighted by molar-refractivity contribution is 7.12. The minimum Gasteiger partial charge on any atom is -0.370 e. The van der Waals surface area contributed by atoms with Crippen molar-refractivity contribution >= 4 is 11.3 Å². The first-order valence-corrected chi connectivity index (χ1v) is 11.8. The van der Waals surface area contributed by atoms with Crippen LogP contribution in [0.4, 0.5) is 0 Å². The molecule has 4 rings (SSSR count). The fourth-order valence-corrected chi connectivity index (χ4v) is 5.94. The van der Waals surface area contributed by atoms with Gasteiger partial charge >= 0.3 is 0 Å². The lowest BCUT2D eigenvalue weighted by atomic mass is 9.79. The van der Waals surface area contributed by atoms with Crippen LogP contribution in [0.25, 0.3) is 0 Å². The van der Waals surface area contributed by atoms with Crippen LogP contribution in [0.3, 0.4) is 0 Å². The van der Waals surface area contributed by atoms with Crippen molar-refractivity contribution < 1.29 is 4.74 Å². The predicted molar refractivity (Wildman–Crippen MR) is 114 cm³/mol. The number of unbranched alkanes of at least 4 members (excludes halogenated alkanes) is 2. The third-order valence-electron chi connectivity index (χ3n) is 6.40. The third kappa shape index (κ3) is 4.05. The molecule has 0 radical (unpaired) electrons. The van der Waals surface area contributed by atoms with Gasteiger partial charge in [-0.25, -0.2) is 0 Å². The van der Waals surface area contributed by atoms with Crippen molar-refractivity contribution in [3.8, 4) is 0 Å². The summed E-state index contributed by atoms with van der Waals surface area (Å²) < 4.78 is 8.48. The molecule has 1 saturated heterocycles. The Kier molecular flexibility index (Phi) is 6.18. The van der Waals surface area contributed by atoms with Gasteiger partial charge in [-0.2, -0.15) is 0 Å². The molecule has 0 saturated carbocycles. The number of fused-ring (bicyclic) bond motifs is 2. The predicted octanol–water partition coefficient (Wildman–Crippen LogP) is 4.54. The van der Waals surface area contributed by atoms with Gasteiger partial charge in [0.05, 0.1) is 17.9 Å². The number of aromatic nitrogens is 3. The van der Waals surface area contributed by atoms with Gasteiger partial charge in [-0.05, 0) is 44.2 Å². The molecular formula is C22H34N4OS. The summed E-state index contributed by atoms with van der Waals surface area (Å²) in [5.41, 5.74) is 2.52. The van der Waals surface area contributed by atoms with E-state index in [0.29, 0.717) is 6.04 Å². The zero-order chi connectivity index (χ0) is 19.6. The van der Waals surface area contributed by atoms with Gasteiger partial charge in [0.25, 0.3) is 0 Å². The molecule has 0 unspecified atom stereocenters. The maximum absolute atomic E-state index is 6.47. The Morgan fingerprint density at radius 2 is 2.21 bits per heavy atom. The molecule has 28 heavy (non-hydrogen) atoms. The number of rotatable bonds is 7. The summed E-state index contributed by atoms with van der Waals surface area (Å²) in [5.74, 6) is 0. The summed E-state index contributed by atoms with van der Waals surface area (Å²) in [6.07, 6.45) is 10.2. The Morgan fingerprint density at radius 1 is 1.32 bits per heavy atom. The van der Waals surface area contributed by atoms with E-state index in [1.54, 1.807) is 4.88 Å². The maximum atomic E-state index is 6.47. The number of thiophene rings is 1. The standard InChI is InChI=1S/C22H34N4OS/c1-4-6-7-10-26-16-18(23-24-26)15-25-11-9-22(14-17(25)3)20-13-19(5-2)28-21(20)8-12-27-22/h13,16-17H,4-12,14-15H2,1-3H3/t17-,22+/m0/s1. The molecule has 1 spiro atoms. The van der Waals surface area contributed by atoms with E-state index in [-0.39, 0.29) is 5.60 Å². The first-order chi connectivity index (χ1) is 13.6. The molecule has 0 aliphatic carbocycles. The molecular weight excluding hydrogens is 368 g/mol. The van der Waals surface area contributed by atoms with Crippen molar-refractivity contribution in [1.82, 2.24) is 19.9 Å². The Morgan fingerprint density at radius 3 is 3.00 bits per heavy atom. The van der Waals surface area contributed by atoms with Gasteiger partial charge in [-0.3, -0.25) is 9.58 Å². The first-order valence-electron chi connectivity index (χ1n) is 11.0. The van der Waals surface area contributed by atoms with Crippen LogP contribution in [-0.4, -0.2) is 39.1 Å². The van der Waals surface area contributed by atoms with Crippen LogP contribution < -0.4 is 0 Å². The van der Waals surface area contributed by atoms with E-state index >= 15 is 0 Å². The van der Waals surface area contributed by atoms with Crippen LogP contribution >= 0.6 is 11.3 Å². The van der Waals surface area contributed by atoms with Crippen molar-refractivity contribution in [2.75, 3.05) is 13.2 Å². The number of likely N-dealkylation sites (tertiary alicyclic amines) is 1. The van der Waals surface area contributed by atoms with Crippen molar-refractivity contribution in [2.24, 2.45) is 0 Å². The summed E-state index contributed by atoms with van der Waals surface area (Å²) in [6, 6.07) is 2.92. The average Bonchev–Trinajstić information content (AvgIpc) is 3.32. The van der Waals surface area contributed by atoms with Gasteiger partial charge in [0.15, 0.2) is 0 Å². The molecule has 2 atom stereocenters. The van der Waals surface area contributed by atoms with Crippen LogP contribution in [0.1, 0.15) is 73.9 Å². The second-order valence-electron chi connectivity index (χ2n) is 8.45. The second kappa shape index (κ2) is 8.64. The average molecular weight is 403 g/mol. The van der Waals surface area contributed by atoms with Crippen LogP contribution in [0.15, 0.2) is 12.3 Å². The molecule has 0 N–H and O–H groups in total. The minimum atomic E-state index is -0.0643. The van der Waals surface area contributed by atoms with E-state index in [0.717, 1.165) is 57.6 Å². The Hall–Kier alpha value is -1.24. The summed E-state index contributed by atoms with van der Waals surface area (Å²) in [5, 5.41) is 8.74. The smallest absolute Gasteiger partial charge is 0.0969 e. The summed E-state index contributed by atoms with van der Waals surface area (Å²) in [6.45, 7) is 10.6. The monoisotopic (exact) mass is 402 g/mol. The largest absolute Gasteiger partial charge is 0.370 e. The number of nitrogens with zero attached hydrogens (tertiary/aromatic N) is 4. The molecule has 2 aromatic heterocycles. The molecule has 2 aromatic rings. The highest BCUT2D eigenvalue weighted by atomic mass is 32.1. The molecule has 2 aliphatic rings. The zero-order valence-corrected chi connectivity index (χ0v) is 18.4. The van der Waals surface area contributed by atoms with Crippen LogP contribution in [-0.2, 0) is 36.3 Å². The van der Waals surface area contributed by atoms with E-state index in [1.165, 1.54) is 29.7 Å². The lowest BCUT2D eigenvalue weighted by Crippen LogP contribution is -2.50. The Labute approximate surface area is 173 Å². The number of ether oxygens (including phenoxy) is 1. The zero-order valence-electron chi connectivity index (χ0n) is 17.6. The molecule has 154 valence electrons. The summed E-state index contributed by atoms with van der Waals surface area (Å²) in [7, 11) is 0. The number of piperidine rings is 1. The first kappa shape index (κ1) is 20.0. The van der Waals surface area contributed by atoms with Gasteiger partial charge in [-0.1, -0.05) is 31.9 Å². The second-order valence-corrected chi connectivity index (χ2v) is 9.67. The van der Waals surface area contributed by atoms with E-state index in [1.807, 2.05) is 16.0 Å². The quantitative estimate of drug-likeness (QED) is 0.638. The van der Waals surface area contributed by atoms with E-state index in [9.17, 15) is 0 Å². The fourth-order valence-electron chi connectivity index (χ4n) is 4.76. The molecule has 0 bridgehead atoms. The highest BCUT2D eigenvalue weighted by Gasteiger charge is 2.44. The molecule has 0 amide bonds. The highest BCUT2D eigenvalue weighted by Crippen LogP contribution is 2.46. The minimum absolute atomic E-state index is 0.0643. The number of aryl methyl sites for hydroxylation is 2. The Balaban J connectivity index is 1.40. The molecule has 0 aromatic carbocycles. The fraction of sp³-hybridized carbons (Fsp3) is 0.727. The Bertz CT molecular complexity index is 785. The van der Waals surface area contributed by atoms with Gasteiger partial charge < -0.3 is 4.74 Å². The maximum Gasteiger partial charge on any atom is 0.0969 e. The lowest BCUT2D eigenvalue weighted by molar-refractivity contribution is -0.112.